The molecule has 13 heteroatoms. The van der Waals surface area contributed by atoms with Gasteiger partial charge in [-0.1, -0.05) is 54.2 Å². The van der Waals surface area contributed by atoms with Gasteiger partial charge < -0.3 is 4.74 Å². The van der Waals surface area contributed by atoms with Crippen LogP contribution in [0.1, 0.15) is 15.9 Å². The predicted octanol–water partition coefficient (Wildman–Crippen LogP) is 8.95. The zero-order valence-electron chi connectivity index (χ0n) is 24.0. The van der Waals surface area contributed by atoms with E-state index >= 15 is 8.78 Å². The number of rotatable bonds is 10. The van der Waals surface area contributed by atoms with E-state index < -0.39 is 54.4 Å². The lowest BCUT2D eigenvalue weighted by atomic mass is 10.0. The Morgan fingerprint density at radius 3 is 1.70 bits per heavy atom. The SMILES string of the molecule is COc1ccc(S(OS(C)(=O)=O)(c2ccc(Sc3cccc(C(=O)c4ccccc4)c3)cc2)c2c(F)c(F)c(F)c(F)c2F)cc1. The molecule has 0 saturated carbocycles. The third kappa shape index (κ3) is 6.54. The van der Waals surface area contributed by atoms with Crippen LogP contribution in [0.5, 0.6) is 5.75 Å². The number of benzene rings is 5. The first-order valence-electron chi connectivity index (χ1n) is 13.2. The summed E-state index contributed by atoms with van der Waals surface area (Å²) in [7, 11) is -7.44. The molecule has 5 nitrogen and oxygen atoms in total. The van der Waals surface area contributed by atoms with Crippen molar-refractivity contribution in [2.75, 3.05) is 13.4 Å². The Morgan fingerprint density at radius 2 is 1.15 bits per heavy atom. The number of carbonyl (C=O) groups is 1. The molecule has 0 radical (unpaired) electrons. The van der Waals surface area contributed by atoms with E-state index in [-0.39, 0.29) is 21.3 Å². The molecule has 0 aliphatic heterocycles. The molecular weight excluding hydrogens is 668 g/mol. The highest BCUT2D eigenvalue weighted by atomic mass is 32.3. The maximum absolute atomic E-state index is 15.6. The molecule has 0 bridgehead atoms. The quantitative estimate of drug-likeness (QED) is 0.0631. The van der Waals surface area contributed by atoms with Crippen LogP contribution in [0.3, 0.4) is 0 Å². The van der Waals surface area contributed by atoms with E-state index in [2.05, 4.69) is 0 Å². The molecule has 0 spiro atoms. The summed E-state index contributed by atoms with van der Waals surface area (Å²) in [6, 6.07) is 26.2. The third-order valence-corrected chi connectivity index (χ3v) is 12.2. The lowest BCUT2D eigenvalue weighted by Crippen LogP contribution is -2.18. The van der Waals surface area contributed by atoms with Crippen LogP contribution in [-0.4, -0.2) is 27.6 Å². The number of hydrogen-bond acceptors (Lipinski definition) is 6. The summed E-state index contributed by atoms with van der Waals surface area (Å²) in [5.74, 6) is -11.3. The van der Waals surface area contributed by atoms with Crippen LogP contribution in [-0.2, 0) is 13.7 Å². The Labute approximate surface area is 267 Å². The average Bonchev–Trinajstić information content (AvgIpc) is 3.06. The number of ketones is 1. The van der Waals surface area contributed by atoms with Gasteiger partial charge in [0.2, 0.25) is 5.82 Å². The fourth-order valence-corrected chi connectivity index (χ4v) is 10.3. The monoisotopic (exact) mass is 690 g/mol. The topological polar surface area (TPSA) is 69.7 Å². The van der Waals surface area contributed by atoms with E-state index in [1.54, 1.807) is 54.6 Å². The fourth-order valence-electron chi connectivity index (χ4n) is 4.57. The number of ether oxygens (including phenoxy) is 1. The first-order valence-corrected chi connectivity index (χ1v) is 17.4. The van der Waals surface area contributed by atoms with E-state index in [9.17, 15) is 26.4 Å². The Balaban J connectivity index is 1.65. The smallest absolute Gasteiger partial charge is 0.274 e. The van der Waals surface area contributed by atoms with E-state index in [0.717, 1.165) is 0 Å². The summed E-state index contributed by atoms with van der Waals surface area (Å²) in [4.78, 5) is 12.3. The van der Waals surface area contributed by atoms with Gasteiger partial charge in [-0.2, -0.15) is 8.42 Å². The minimum absolute atomic E-state index is 0.177. The van der Waals surface area contributed by atoms with Gasteiger partial charge in [0.1, 0.15) is 10.6 Å². The van der Waals surface area contributed by atoms with Crippen molar-refractivity contribution in [2.45, 2.75) is 24.5 Å². The highest BCUT2D eigenvalue weighted by Gasteiger charge is 2.44. The van der Waals surface area contributed by atoms with Gasteiger partial charge in [0.25, 0.3) is 10.1 Å². The molecule has 0 fully saturated rings. The van der Waals surface area contributed by atoms with Gasteiger partial charge in [0, 0.05) is 30.7 Å². The summed E-state index contributed by atoms with van der Waals surface area (Å²) in [5, 5.41) is 0. The van der Waals surface area contributed by atoms with E-state index in [4.69, 9.17) is 8.37 Å². The number of hydrogen-bond donors (Lipinski definition) is 0. The van der Waals surface area contributed by atoms with E-state index in [0.29, 0.717) is 27.2 Å². The van der Waals surface area contributed by atoms with E-state index in [1.807, 2.05) is 0 Å². The Bertz CT molecular complexity index is 2000. The van der Waals surface area contributed by atoms with Crippen molar-refractivity contribution in [3.8, 4) is 5.75 Å². The van der Waals surface area contributed by atoms with Crippen molar-refractivity contribution in [1.82, 2.24) is 0 Å². The van der Waals surface area contributed by atoms with Gasteiger partial charge in [0.15, 0.2) is 29.1 Å². The van der Waals surface area contributed by atoms with Crippen LogP contribution in [0, 0.1) is 29.1 Å². The summed E-state index contributed by atoms with van der Waals surface area (Å²) >= 11 is 1.22. The first kappa shape index (κ1) is 33.2. The Morgan fingerprint density at radius 1 is 0.630 bits per heavy atom. The van der Waals surface area contributed by atoms with E-state index in [1.165, 1.54) is 67.4 Å². The second-order valence-corrected chi connectivity index (χ2v) is 15.3. The van der Waals surface area contributed by atoms with Crippen LogP contribution in [0.4, 0.5) is 22.0 Å². The molecule has 0 aliphatic carbocycles. The molecular formula is C33H23F5O5S3. The van der Waals surface area contributed by atoms with Gasteiger partial charge >= 0.3 is 0 Å². The van der Waals surface area contributed by atoms with Crippen LogP contribution in [0.2, 0.25) is 0 Å². The maximum Gasteiger partial charge on any atom is 0.274 e. The largest absolute Gasteiger partial charge is 0.497 e. The van der Waals surface area contributed by atoms with Crippen molar-refractivity contribution in [3.63, 3.8) is 0 Å². The highest BCUT2D eigenvalue weighted by molar-refractivity contribution is 8.33. The van der Waals surface area contributed by atoms with Gasteiger partial charge in [-0.3, -0.25) is 4.79 Å². The second kappa shape index (κ2) is 13.3. The zero-order chi connectivity index (χ0) is 33.2. The van der Waals surface area contributed by atoms with Crippen molar-refractivity contribution >= 4 is 38.0 Å². The van der Waals surface area contributed by atoms with Crippen LogP contribution in [0.25, 0.3) is 0 Å². The van der Waals surface area contributed by atoms with Crippen molar-refractivity contribution in [1.29, 1.82) is 0 Å². The second-order valence-electron chi connectivity index (χ2n) is 9.70. The molecule has 0 aromatic heterocycles. The third-order valence-electron chi connectivity index (χ3n) is 6.60. The standard InChI is InChI=1S/C33H23F5O5S3/c1-42-22-11-15-25(16-12-22)46(43-45(2,40)41,33-30(37)28(35)27(34)29(36)31(33)38)26-17-13-23(14-18-26)44-24-10-6-9-21(19-24)32(39)20-7-4-3-5-8-20/h3-19H,1-2H3. The molecule has 238 valence electrons. The first-order chi connectivity index (χ1) is 21.9. The molecule has 46 heavy (non-hydrogen) atoms. The molecule has 0 N–H and O–H groups in total. The number of halogens is 5. The molecule has 5 aromatic rings. The molecule has 5 rings (SSSR count). The van der Waals surface area contributed by atoms with Crippen molar-refractivity contribution < 1.29 is 43.5 Å². The normalized spacial score (nSPS) is 13.5. The van der Waals surface area contributed by atoms with Crippen molar-refractivity contribution in [3.05, 3.63) is 143 Å². The van der Waals surface area contributed by atoms with Crippen LogP contribution in [0.15, 0.2) is 128 Å². The van der Waals surface area contributed by atoms with Crippen LogP contribution < -0.4 is 4.74 Å². The summed E-state index contributed by atoms with van der Waals surface area (Å²) in [5.41, 5.74) is 0.939. The molecule has 1 atom stereocenters. The zero-order valence-corrected chi connectivity index (χ0v) is 26.4. The minimum atomic E-state index is -4.61. The highest BCUT2D eigenvalue weighted by Crippen LogP contribution is 2.71. The van der Waals surface area contributed by atoms with Gasteiger partial charge in [0.05, 0.1) is 13.4 Å². The molecule has 0 heterocycles. The number of methoxy groups -OCH3 is 1. The molecule has 5 aromatic carbocycles. The Kier molecular flexibility index (Phi) is 9.59. The average molecular weight is 691 g/mol. The van der Waals surface area contributed by atoms with Gasteiger partial charge in [-0.05, 0) is 71.0 Å². The van der Waals surface area contributed by atoms with Gasteiger partial charge in [-0.15, -0.1) is 0 Å². The summed E-state index contributed by atoms with van der Waals surface area (Å²) in [6.45, 7) is 0. The molecule has 0 aliphatic rings. The van der Waals surface area contributed by atoms with Crippen molar-refractivity contribution in [2.24, 2.45) is 0 Å². The molecule has 0 saturated heterocycles. The minimum Gasteiger partial charge on any atom is -0.497 e. The maximum atomic E-state index is 15.6. The molecule has 1 unspecified atom stereocenters. The number of carbonyl (C=O) groups excluding carboxylic acids is 1. The van der Waals surface area contributed by atoms with Gasteiger partial charge in [-0.25, -0.2) is 25.6 Å². The summed E-state index contributed by atoms with van der Waals surface area (Å²) < 4.78 is 110. The Hall–Kier alpha value is -4.17. The lowest BCUT2D eigenvalue weighted by molar-refractivity contribution is 0.103. The predicted molar refractivity (Wildman–Crippen MR) is 164 cm³/mol. The lowest BCUT2D eigenvalue weighted by Gasteiger charge is -2.39. The summed E-state index contributed by atoms with van der Waals surface area (Å²) in [6.07, 6.45) is 0.609. The fraction of sp³-hybridized carbons (Fsp3) is 0.0606. The van der Waals surface area contributed by atoms with Crippen LogP contribution >= 0.6 is 22.1 Å². The molecule has 0 amide bonds.